The minimum Gasteiger partial charge on any atom is -0.392 e. The van der Waals surface area contributed by atoms with Gasteiger partial charge >= 0.3 is 0 Å². The first kappa shape index (κ1) is 13.0. The van der Waals surface area contributed by atoms with Crippen molar-refractivity contribution in [2.24, 2.45) is 0 Å². The number of thiazole rings is 1. The molecule has 96 valence electrons. The molecule has 0 aromatic carbocycles. The van der Waals surface area contributed by atoms with Crippen molar-refractivity contribution in [1.29, 1.82) is 0 Å². The van der Waals surface area contributed by atoms with E-state index in [4.69, 9.17) is 0 Å². The molecule has 0 bridgehead atoms. The number of hydrogen-bond donors (Lipinski definition) is 2. The summed E-state index contributed by atoms with van der Waals surface area (Å²) in [7, 11) is 0. The maximum absolute atomic E-state index is 10.00. The van der Waals surface area contributed by atoms with Crippen LogP contribution in [0, 0.1) is 0 Å². The molecule has 1 heterocycles. The Kier molecular flexibility index (Phi) is 4.95. The molecule has 2 unspecified atom stereocenters. The van der Waals surface area contributed by atoms with Gasteiger partial charge in [-0.3, -0.25) is 0 Å². The maximum Gasteiger partial charge on any atom is 0.0926 e. The minimum absolute atomic E-state index is 0.179. The summed E-state index contributed by atoms with van der Waals surface area (Å²) >= 11 is 1.73. The Hall–Kier alpha value is -0.450. The number of nitrogens with one attached hydrogen (secondary N) is 1. The molecule has 2 N–H and O–H groups in total. The minimum atomic E-state index is -0.179. The molecule has 0 aliphatic heterocycles. The van der Waals surface area contributed by atoms with Crippen LogP contribution in [-0.2, 0) is 13.0 Å². The van der Waals surface area contributed by atoms with E-state index in [1.165, 1.54) is 17.8 Å². The second kappa shape index (κ2) is 6.47. The van der Waals surface area contributed by atoms with Crippen LogP contribution in [0.5, 0.6) is 0 Å². The Balaban J connectivity index is 1.83. The van der Waals surface area contributed by atoms with Gasteiger partial charge in [0.25, 0.3) is 0 Å². The highest BCUT2D eigenvalue weighted by Crippen LogP contribution is 2.18. The molecule has 0 radical (unpaired) electrons. The predicted octanol–water partition coefficient (Wildman–Crippen LogP) is 2.49. The fourth-order valence-corrected chi connectivity index (χ4v) is 3.10. The summed E-state index contributed by atoms with van der Waals surface area (Å²) in [6, 6.07) is 0.254. The van der Waals surface area contributed by atoms with Crippen LogP contribution >= 0.6 is 11.3 Å². The molecule has 1 aliphatic rings. The summed E-state index contributed by atoms with van der Waals surface area (Å²) < 4.78 is 0. The Bertz CT molecular complexity index is 340. The summed E-state index contributed by atoms with van der Waals surface area (Å²) in [4.78, 5) is 4.54. The molecule has 1 aromatic heterocycles. The largest absolute Gasteiger partial charge is 0.392 e. The fraction of sp³-hybridized carbons (Fsp3) is 0.769. The van der Waals surface area contributed by atoms with E-state index in [2.05, 4.69) is 22.6 Å². The standard InChI is InChI=1S/C13H22N2OS/c1-2-13-15-10(9-17-13)8-14-11-6-4-3-5-7-12(11)16/h9,11-12,14,16H,2-8H2,1H3. The molecule has 1 aliphatic carbocycles. The lowest BCUT2D eigenvalue weighted by Gasteiger charge is -2.21. The quantitative estimate of drug-likeness (QED) is 0.811. The Morgan fingerprint density at radius 3 is 3.00 bits per heavy atom. The van der Waals surface area contributed by atoms with E-state index in [1.807, 2.05) is 0 Å². The zero-order valence-electron chi connectivity index (χ0n) is 10.5. The van der Waals surface area contributed by atoms with Crippen LogP contribution in [0.2, 0.25) is 0 Å². The van der Waals surface area contributed by atoms with Gasteiger partial charge in [0, 0.05) is 18.0 Å². The third-order valence-electron chi connectivity index (χ3n) is 3.43. The van der Waals surface area contributed by atoms with Crippen LogP contribution in [0.4, 0.5) is 0 Å². The Labute approximate surface area is 107 Å². The van der Waals surface area contributed by atoms with Crippen molar-refractivity contribution in [3.8, 4) is 0 Å². The van der Waals surface area contributed by atoms with E-state index in [0.29, 0.717) is 0 Å². The van der Waals surface area contributed by atoms with Crippen LogP contribution < -0.4 is 5.32 Å². The van der Waals surface area contributed by atoms with Crippen LogP contribution in [0.25, 0.3) is 0 Å². The fourth-order valence-electron chi connectivity index (χ4n) is 2.35. The predicted molar refractivity (Wildman–Crippen MR) is 71.2 cm³/mol. The molecule has 17 heavy (non-hydrogen) atoms. The first-order valence-electron chi connectivity index (χ1n) is 6.64. The van der Waals surface area contributed by atoms with Gasteiger partial charge in [-0.15, -0.1) is 11.3 Å². The lowest BCUT2D eigenvalue weighted by atomic mass is 10.1. The van der Waals surface area contributed by atoms with E-state index in [1.54, 1.807) is 11.3 Å². The van der Waals surface area contributed by atoms with Crippen molar-refractivity contribution in [3.05, 3.63) is 16.1 Å². The van der Waals surface area contributed by atoms with Crippen LogP contribution in [0.15, 0.2) is 5.38 Å². The highest BCUT2D eigenvalue weighted by Gasteiger charge is 2.20. The number of aliphatic hydroxyl groups is 1. The van der Waals surface area contributed by atoms with Gasteiger partial charge in [0.2, 0.25) is 0 Å². The number of rotatable bonds is 4. The second-order valence-corrected chi connectivity index (χ2v) is 5.72. The SMILES string of the molecule is CCc1nc(CNC2CCCCCC2O)cs1. The van der Waals surface area contributed by atoms with Gasteiger partial charge in [0.05, 0.1) is 16.8 Å². The van der Waals surface area contributed by atoms with E-state index in [9.17, 15) is 5.11 Å². The molecule has 0 amide bonds. The molecule has 0 saturated heterocycles. The average molecular weight is 254 g/mol. The zero-order valence-corrected chi connectivity index (χ0v) is 11.3. The summed E-state index contributed by atoms with van der Waals surface area (Å²) in [5.74, 6) is 0. The van der Waals surface area contributed by atoms with Crippen molar-refractivity contribution in [2.45, 2.75) is 64.1 Å². The van der Waals surface area contributed by atoms with Crippen molar-refractivity contribution in [1.82, 2.24) is 10.3 Å². The summed E-state index contributed by atoms with van der Waals surface area (Å²) in [5, 5.41) is 16.8. The maximum atomic E-state index is 10.00. The smallest absolute Gasteiger partial charge is 0.0926 e. The lowest BCUT2D eigenvalue weighted by Crippen LogP contribution is -2.38. The van der Waals surface area contributed by atoms with E-state index >= 15 is 0 Å². The van der Waals surface area contributed by atoms with Gasteiger partial charge in [0.15, 0.2) is 0 Å². The third kappa shape index (κ3) is 3.76. The zero-order chi connectivity index (χ0) is 12.1. The van der Waals surface area contributed by atoms with Crippen molar-refractivity contribution in [3.63, 3.8) is 0 Å². The van der Waals surface area contributed by atoms with Crippen LogP contribution in [0.1, 0.15) is 49.7 Å². The highest BCUT2D eigenvalue weighted by molar-refractivity contribution is 7.09. The van der Waals surface area contributed by atoms with Crippen molar-refractivity contribution in [2.75, 3.05) is 0 Å². The molecular weight excluding hydrogens is 232 g/mol. The number of aromatic nitrogens is 1. The topological polar surface area (TPSA) is 45.2 Å². The summed E-state index contributed by atoms with van der Waals surface area (Å²) in [6.07, 6.45) is 6.51. The molecule has 3 nitrogen and oxygen atoms in total. The van der Waals surface area contributed by atoms with E-state index in [-0.39, 0.29) is 12.1 Å². The van der Waals surface area contributed by atoms with Crippen molar-refractivity contribution >= 4 is 11.3 Å². The van der Waals surface area contributed by atoms with E-state index in [0.717, 1.165) is 37.9 Å². The lowest BCUT2D eigenvalue weighted by molar-refractivity contribution is 0.119. The molecule has 4 heteroatoms. The van der Waals surface area contributed by atoms with Gasteiger partial charge < -0.3 is 10.4 Å². The van der Waals surface area contributed by atoms with Gasteiger partial charge in [-0.2, -0.15) is 0 Å². The molecule has 2 atom stereocenters. The van der Waals surface area contributed by atoms with Gasteiger partial charge in [0.1, 0.15) is 0 Å². The second-order valence-electron chi connectivity index (χ2n) is 4.78. The Morgan fingerprint density at radius 2 is 2.24 bits per heavy atom. The van der Waals surface area contributed by atoms with E-state index < -0.39 is 0 Å². The molecule has 1 saturated carbocycles. The number of hydrogen-bond acceptors (Lipinski definition) is 4. The molecule has 2 rings (SSSR count). The van der Waals surface area contributed by atoms with Gasteiger partial charge in [-0.05, 0) is 19.3 Å². The molecule has 1 fully saturated rings. The third-order valence-corrected chi connectivity index (χ3v) is 4.47. The first-order chi connectivity index (χ1) is 8.29. The first-order valence-corrected chi connectivity index (χ1v) is 7.52. The molecule has 0 spiro atoms. The number of aryl methyl sites for hydroxylation is 1. The number of aliphatic hydroxyl groups excluding tert-OH is 1. The van der Waals surface area contributed by atoms with Crippen LogP contribution in [0.3, 0.4) is 0 Å². The Morgan fingerprint density at radius 1 is 1.41 bits per heavy atom. The monoisotopic (exact) mass is 254 g/mol. The normalized spacial score (nSPS) is 25.8. The number of nitrogens with zero attached hydrogens (tertiary/aromatic N) is 1. The molecule has 1 aromatic rings. The van der Waals surface area contributed by atoms with Crippen LogP contribution in [-0.4, -0.2) is 22.2 Å². The van der Waals surface area contributed by atoms with Crippen molar-refractivity contribution < 1.29 is 5.11 Å². The summed E-state index contributed by atoms with van der Waals surface area (Å²) in [5.41, 5.74) is 1.11. The van der Waals surface area contributed by atoms with Gasteiger partial charge in [-0.1, -0.05) is 26.2 Å². The molecular formula is C13H22N2OS. The summed E-state index contributed by atoms with van der Waals surface area (Å²) in [6.45, 7) is 2.92. The van der Waals surface area contributed by atoms with Gasteiger partial charge in [-0.25, -0.2) is 4.98 Å². The highest BCUT2D eigenvalue weighted by atomic mass is 32.1. The average Bonchev–Trinajstić information content (AvgIpc) is 2.70.